The van der Waals surface area contributed by atoms with Crippen LogP contribution in [0.3, 0.4) is 0 Å². The van der Waals surface area contributed by atoms with Crippen molar-refractivity contribution in [3.05, 3.63) is 238 Å². The second-order valence-electron chi connectivity index (χ2n) is 14.2. The molecule has 0 heterocycles. The van der Waals surface area contributed by atoms with Gasteiger partial charge in [0, 0.05) is 0 Å². The zero-order valence-corrected chi connectivity index (χ0v) is 28.3. The van der Waals surface area contributed by atoms with Crippen LogP contribution in [0.15, 0.2) is 188 Å². The molecule has 11 rings (SSSR count). The zero-order valence-electron chi connectivity index (χ0n) is 28.3. The van der Waals surface area contributed by atoms with Gasteiger partial charge >= 0.3 is 0 Å². The van der Waals surface area contributed by atoms with Crippen molar-refractivity contribution in [2.75, 3.05) is 0 Å². The highest BCUT2D eigenvalue weighted by Crippen LogP contribution is 2.67. The summed E-state index contributed by atoms with van der Waals surface area (Å²) in [4.78, 5) is 0. The van der Waals surface area contributed by atoms with Gasteiger partial charge in [-0.05, 0) is 101 Å². The number of hydrogen-bond donors (Lipinski definition) is 0. The van der Waals surface area contributed by atoms with Gasteiger partial charge in [-0.1, -0.05) is 176 Å². The lowest BCUT2D eigenvalue weighted by Gasteiger charge is -2.49. The fourth-order valence-corrected chi connectivity index (χ4v) is 10.1. The SMILES string of the molecule is N#Cc1ccccc1-c1ccc(-c2ccc3c(c2)C2(c4ccccc4-c4ccccc42)c2ccccc2C32c3ccccc3-c3ccccc32)cc1. The molecule has 0 N–H and O–H groups in total. The largest absolute Gasteiger partial charge is 0.192 e. The molecular weight excluding hydrogens is 627 g/mol. The predicted molar refractivity (Wildman–Crippen MR) is 210 cm³/mol. The van der Waals surface area contributed by atoms with Crippen LogP contribution in [0.1, 0.15) is 50.1 Å². The van der Waals surface area contributed by atoms with E-state index in [0.717, 1.165) is 16.7 Å². The predicted octanol–water partition coefficient (Wildman–Crippen LogP) is 11.9. The average molecular weight is 658 g/mol. The highest BCUT2D eigenvalue weighted by molar-refractivity contribution is 5.94. The van der Waals surface area contributed by atoms with E-state index in [-0.39, 0.29) is 0 Å². The van der Waals surface area contributed by atoms with Crippen molar-refractivity contribution in [3.63, 3.8) is 0 Å². The molecule has 240 valence electrons. The molecule has 1 heteroatoms. The van der Waals surface area contributed by atoms with Crippen molar-refractivity contribution in [3.8, 4) is 50.6 Å². The average Bonchev–Trinajstić information content (AvgIpc) is 3.69. The molecule has 3 aliphatic carbocycles. The molecule has 0 aromatic heterocycles. The number of fused-ring (bicyclic) bond motifs is 16. The topological polar surface area (TPSA) is 23.8 Å². The molecule has 0 saturated heterocycles. The second kappa shape index (κ2) is 10.6. The Bertz CT molecular complexity index is 2720. The van der Waals surface area contributed by atoms with E-state index in [2.05, 4.69) is 170 Å². The number of benzene rings is 8. The minimum Gasteiger partial charge on any atom is -0.192 e. The highest BCUT2D eigenvalue weighted by atomic mass is 14.6. The first-order chi connectivity index (χ1) is 25.8. The fraction of sp³-hybridized carbons (Fsp3) is 0.0392. The Kier molecular flexibility index (Phi) is 5.93. The number of rotatable bonds is 2. The van der Waals surface area contributed by atoms with Gasteiger partial charge in [0.25, 0.3) is 0 Å². The lowest BCUT2D eigenvalue weighted by Crippen LogP contribution is -2.43. The van der Waals surface area contributed by atoms with Gasteiger partial charge in [-0.2, -0.15) is 5.26 Å². The van der Waals surface area contributed by atoms with Crippen LogP contribution >= 0.6 is 0 Å². The summed E-state index contributed by atoms with van der Waals surface area (Å²) in [6, 6.07) is 71.6. The van der Waals surface area contributed by atoms with Crippen LogP contribution in [-0.2, 0) is 10.8 Å². The molecule has 0 aliphatic heterocycles. The molecule has 0 bridgehead atoms. The Morgan fingerprint density at radius 3 is 1.12 bits per heavy atom. The molecule has 0 saturated carbocycles. The maximum atomic E-state index is 9.79. The minimum atomic E-state index is -0.515. The van der Waals surface area contributed by atoms with E-state index in [1.807, 2.05) is 24.3 Å². The number of hydrogen-bond acceptors (Lipinski definition) is 1. The number of nitrogens with zero attached hydrogens (tertiary/aromatic N) is 1. The van der Waals surface area contributed by atoms with E-state index in [1.54, 1.807) is 0 Å². The third-order valence-electron chi connectivity index (χ3n) is 12.0. The molecule has 8 aromatic carbocycles. The Morgan fingerprint density at radius 2 is 0.635 bits per heavy atom. The van der Waals surface area contributed by atoms with Crippen LogP contribution in [0.5, 0.6) is 0 Å². The quantitative estimate of drug-likeness (QED) is 0.181. The maximum Gasteiger partial charge on any atom is 0.0998 e. The Hall–Kier alpha value is -6.75. The number of nitriles is 1. The van der Waals surface area contributed by atoms with Crippen molar-refractivity contribution in [2.45, 2.75) is 10.8 Å². The summed E-state index contributed by atoms with van der Waals surface area (Å²) < 4.78 is 0. The van der Waals surface area contributed by atoms with Crippen LogP contribution in [0.4, 0.5) is 0 Å². The molecular formula is C51H31N. The molecule has 52 heavy (non-hydrogen) atoms. The van der Waals surface area contributed by atoms with Crippen LogP contribution < -0.4 is 0 Å². The van der Waals surface area contributed by atoms with E-state index in [0.29, 0.717) is 5.56 Å². The van der Waals surface area contributed by atoms with Crippen LogP contribution in [0.2, 0.25) is 0 Å². The molecule has 8 aromatic rings. The molecule has 2 spiro atoms. The monoisotopic (exact) mass is 657 g/mol. The Balaban J connectivity index is 1.25. The van der Waals surface area contributed by atoms with E-state index in [4.69, 9.17) is 0 Å². The molecule has 0 amide bonds. The second-order valence-corrected chi connectivity index (χ2v) is 14.2. The summed E-state index contributed by atoms with van der Waals surface area (Å²) in [6.07, 6.45) is 0. The van der Waals surface area contributed by atoms with Crippen molar-refractivity contribution >= 4 is 0 Å². The van der Waals surface area contributed by atoms with Gasteiger partial charge in [-0.15, -0.1) is 0 Å². The van der Waals surface area contributed by atoms with Crippen LogP contribution in [0.25, 0.3) is 44.5 Å². The van der Waals surface area contributed by atoms with E-state index < -0.39 is 10.8 Å². The summed E-state index contributed by atoms with van der Waals surface area (Å²) in [5.41, 5.74) is 19.9. The maximum absolute atomic E-state index is 9.79. The summed E-state index contributed by atoms with van der Waals surface area (Å²) in [5, 5.41) is 9.79. The normalized spacial score (nSPS) is 14.4. The van der Waals surface area contributed by atoms with Gasteiger partial charge in [0.05, 0.1) is 22.5 Å². The third kappa shape index (κ3) is 3.51. The van der Waals surface area contributed by atoms with Gasteiger partial charge in [-0.25, -0.2) is 0 Å². The molecule has 0 unspecified atom stereocenters. The first-order valence-corrected chi connectivity index (χ1v) is 18.0. The molecule has 3 aliphatic rings. The van der Waals surface area contributed by atoms with E-state index >= 15 is 0 Å². The fourth-order valence-electron chi connectivity index (χ4n) is 10.1. The lowest BCUT2D eigenvalue weighted by atomic mass is 9.52. The minimum absolute atomic E-state index is 0.486. The van der Waals surface area contributed by atoms with Crippen molar-refractivity contribution < 1.29 is 0 Å². The zero-order chi connectivity index (χ0) is 34.4. The first kappa shape index (κ1) is 29.0. The van der Waals surface area contributed by atoms with Crippen molar-refractivity contribution in [2.24, 2.45) is 0 Å². The van der Waals surface area contributed by atoms with Gasteiger partial charge in [-0.3, -0.25) is 0 Å². The summed E-state index contributed by atoms with van der Waals surface area (Å²) in [5.74, 6) is 0. The summed E-state index contributed by atoms with van der Waals surface area (Å²) in [6.45, 7) is 0. The summed E-state index contributed by atoms with van der Waals surface area (Å²) >= 11 is 0. The van der Waals surface area contributed by atoms with E-state index in [9.17, 15) is 5.26 Å². The first-order valence-electron chi connectivity index (χ1n) is 18.0. The molecule has 0 radical (unpaired) electrons. The van der Waals surface area contributed by atoms with Gasteiger partial charge < -0.3 is 0 Å². The molecule has 0 fully saturated rings. The van der Waals surface area contributed by atoms with Crippen molar-refractivity contribution in [1.29, 1.82) is 5.26 Å². The van der Waals surface area contributed by atoms with Crippen molar-refractivity contribution in [1.82, 2.24) is 0 Å². The smallest absolute Gasteiger partial charge is 0.0998 e. The third-order valence-corrected chi connectivity index (χ3v) is 12.0. The van der Waals surface area contributed by atoms with E-state index in [1.165, 1.54) is 72.3 Å². The molecule has 1 nitrogen and oxygen atoms in total. The standard InChI is InChI=1S/C51H31N/c52-32-36-13-1-2-14-37(36)34-27-25-33(26-28-34)35-29-30-48-49(31-35)51(44-21-9-5-17-40(44)41-18-6-10-22-45(41)51)47-24-12-11-23-46(47)50(48)42-19-7-3-15-38(42)39-16-4-8-20-43(39)50/h1-31H. The van der Waals surface area contributed by atoms with Gasteiger partial charge in [0.15, 0.2) is 0 Å². The highest BCUT2D eigenvalue weighted by Gasteiger charge is 2.58. The van der Waals surface area contributed by atoms with Gasteiger partial charge in [0.2, 0.25) is 0 Å². The Morgan fingerprint density at radius 1 is 0.288 bits per heavy atom. The summed E-state index contributed by atoms with van der Waals surface area (Å²) in [7, 11) is 0. The lowest BCUT2D eigenvalue weighted by molar-refractivity contribution is 0.633. The Labute approximate surface area is 303 Å². The van der Waals surface area contributed by atoms with Crippen LogP contribution in [0, 0.1) is 11.3 Å². The van der Waals surface area contributed by atoms with Crippen LogP contribution in [-0.4, -0.2) is 0 Å². The van der Waals surface area contributed by atoms with Gasteiger partial charge in [0.1, 0.15) is 0 Å². The molecule has 0 atom stereocenters.